The van der Waals surface area contributed by atoms with Crippen LogP contribution in [0.15, 0.2) is 53.0 Å². The number of Topliss-reactive ketones (excluding diaryl/α,β-unsaturated/α-hetero) is 1. The van der Waals surface area contributed by atoms with E-state index < -0.39 is 0 Å². The van der Waals surface area contributed by atoms with Crippen LogP contribution in [0.3, 0.4) is 0 Å². The summed E-state index contributed by atoms with van der Waals surface area (Å²) in [7, 11) is 0. The first-order valence-corrected chi connectivity index (χ1v) is 7.24. The topological polar surface area (TPSA) is 58.2 Å². The first-order chi connectivity index (χ1) is 10.0. The Bertz CT molecular complexity index is 654. The van der Waals surface area contributed by atoms with Crippen molar-refractivity contribution in [1.29, 1.82) is 0 Å². The van der Waals surface area contributed by atoms with E-state index in [1.165, 1.54) is 6.92 Å². The predicted molar refractivity (Wildman–Crippen MR) is 87.7 cm³/mol. The van der Waals surface area contributed by atoms with E-state index in [0.717, 1.165) is 10.2 Å². The average molecular weight is 347 g/mol. The molecule has 5 heteroatoms. The summed E-state index contributed by atoms with van der Waals surface area (Å²) in [4.78, 5) is 23.0. The fourth-order valence-electron chi connectivity index (χ4n) is 1.77. The maximum Gasteiger partial charge on any atom is 0.243 e. The molecule has 4 nitrogen and oxygen atoms in total. The van der Waals surface area contributed by atoms with Crippen molar-refractivity contribution in [2.75, 3.05) is 17.2 Å². The summed E-state index contributed by atoms with van der Waals surface area (Å²) >= 11 is 3.37. The molecule has 2 aromatic rings. The maximum atomic E-state index is 11.8. The molecule has 0 fully saturated rings. The summed E-state index contributed by atoms with van der Waals surface area (Å²) in [6.45, 7) is 1.68. The SMILES string of the molecule is CC(=O)c1ccc(NC(=O)CNc2cccc(Br)c2)cc1. The Kier molecular flexibility index (Phi) is 5.11. The fraction of sp³-hybridized carbons (Fsp3) is 0.125. The van der Waals surface area contributed by atoms with Gasteiger partial charge >= 0.3 is 0 Å². The molecule has 0 unspecified atom stereocenters. The molecule has 0 aliphatic heterocycles. The van der Waals surface area contributed by atoms with Gasteiger partial charge < -0.3 is 10.6 Å². The molecule has 0 aromatic heterocycles. The number of hydrogen-bond acceptors (Lipinski definition) is 3. The van der Waals surface area contributed by atoms with Crippen LogP contribution in [-0.4, -0.2) is 18.2 Å². The lowest BCUT2D eigenvalue weighted by Gasteiger charge is -2.08. The lowest BCUT2D eigenvalue weighted by molar-refractivity contribution is -0.114. The van der Waals surface area contributed by atoms with E-state index in [0.29, 0.717) is 11.3 Å². The van der Waals surface area contributed by atoms with Crippen molar-refractivity contribution in [1.82, 2.24) is 0 Å². The fourth-order valence-corrected chi connectivity index (χ4v) is 2.17. The lowest BCUT2D eigenvalue weighted by atomic mass is 10.1. The number of nitrogens with one attached hydrogen (secondary N) is 2. The highest BCUT2D eigenvalue weighted by Crippen LogP contribution is 2.15. The highest BCUT2D eigenvalue weighted by atomic mass is 79.9. The van der Waals surface area contributed by atoms with Crippen molar-refractivity contribution < 1.29 is 9.59 Å². The third kappa shape index (κ3) is 4.72. The van der Waals surface area contributed by atoms with Crippen LogP contribution in [0.4, 0.5) is 11.4 Å². The molecule has 0 spiro atoms. The molecule has 0 saturated carbocycles. The Balaban J connectivity index is 1.88. The van der Waals surface area contributed by atoms with Gasteiger partial charge in [-0.3, -0.25) is 9.59 Å². The van der Waals surface area contributed by atoms with Gasteiger partial charge in [0.1, 0.15) is 0 Å². The Labute approximate surface area is 131 Å². The predicted octanol–water partition coefficient (Wildman–Crippen LogP) is 3.70. The molecular formula is C16H15BrN2O2. The van der Waals surface area contributed by atoms with Crippen LogP contribution in [0, 0.1) is 0 Å². The van der Waals surface area contributed by atoms with Gasteiger partial charge in [0.05, 0.1) is 6.54 Å². The van der Waals surface area contributed by atoms with Crippen molar-refractivity contribution >= 4 is 39.0 Å². The van der Waals surface area contributed by atoms with Crippen LogP contribution in [0.1, 0.15) is 17.3 Å². The summed E-state index contributed by atoms with van der Waals surface area (Å²) in [5.74, 6) is -0.144. The zero-order valence-corrected chi connectivity index (χ0v) is 13.1. The van der Waals surface area contributed by atoms with Crippen molar-refractivity contribution in [3.63, 3.8) is 0 Å². The van der Waals surface area contributed by atoms with Crippen molar-refractivity contribution in [3.8, 4) is 0 Å². The Morgan fingerprint density at radius 1 is 1.05 bits per heavy atom. The minimum Gasteiger partial charge on any atom is -0.376 e. The number of amides is 1. The smallest absolute Gasteiger partial charge is 0.243 e. The molecule has 2 rings (SSSR count). The molecule has 0 saturated heterocycles. The molecule has 0 atom stereocenters. The lowest BCUT2D eigenvalue weighted by Crippen LogP contribution is -2.21. The summed E-state index contributed by atoms with van der Waals surface area (Å²) < 4.78 is 0.952. The van der Waals surface area contributed by atoms with Crippen LogP contribution >= 0.6 is 15.9 Å². The van der Waals surface area contributed by atoms with Gasteiger partial charge in [-0.05, 0) is 49.4 Å². The molecule has 108 valence electrons. The van der Waals surface area contributed by atoms with E-state index in [1.54, 1.807) is 24.3 Å². The normalized spacial score (nSPS) is 10.0. The number of hydrogen-bond donors (Lipinski definition) is 2. The minimum absolute atomic E-state index is 0.00389. The van der Waals surface area contributed by atoms with Gasteiger partial charge in [-0.1, -0.05) is 22.0 Å². The third-order valence-corrected chi connectivity index (χ3v) is 3.35. The van der Waals surface area contributed by atoms with Crippen LogP contribution in [0.5, 0.6) is 0 Å². The number of benzene rings is 2. The molecule has 0 bridgehead atoms. The van der Waals surface area contributed by atoms with Gasteiger partial charge in [-0.2, -0.15) is 0 Å². The van der Waals surface area contributed by atoms with E-state index in [-0.39, 0.29) is 18.2 Å². The second-order valence-electron chi connectivity index (χ2n) is 4.55. The van der Waals surface area contributed by atoms with E-state index in [9.17, 15) is 9.59 Å². The minimum atomic E-state index is -0.148. The van der Waals surface area contributed by atoms with Crippen molar-refractivity contribution in [2.45, 2.75) is 6.92 Å². The van der Waals surface area contributed by atoms with Crippen LogP contribution in [0.2, 0.25) is 0 Å². The molecular weight excluding hydrogens is 332 g/mol. The number of carbonyl (C=O) groups is 2. The van der Waals surface area contributed by atoms with Crippen LogP contribution in [-0.2, 0) is 4.79 Å². The number of carbonyl (C=O) groups excluding carboxylic acids is 2. The average Bonchev–Trinajstić information content (AvgIpc) is 2.46. The first kappa shape index (κ1) is 15.3. The van der Waals surface area contributed by atoms with E-state index in [4.69, 9.17) is 0 Å². The second kappa shape index (κ2) is 7.04. The third-order valence-electron chi connectivity index (χ3n) is 2.85. The Hall–Kier alpha value is -2.14. The molecule has 2 aromatic carbocycles. The summed E-state index contributed by atoms with van der Waals surface area (Å²) in [6.07, 6.45) is 0. The van der Waals surface area contributed by atoms with Gasteiger partial charge in [-0.25, -0.2) is 0 Å². The Morgan fingerprint density at radius 3 is 2.38 bits per heavy atom. The molecule has 1 amide bonds. The molecule has 21 heavy (non-hydrogen) atoms. The zero-order valence-electron chi connectivity index (χ0n) is 11.5. The van der Waals surface area contributed by atoms with Gasteiger partial charge in [0, 0.05) is 21.4 Å². The van der Waals surface area contributed by atoms with Gasteiger partial charge in [0.25, 0.3) is 0 Å². The largest absolute Gasteiger partial charge is 0.376 e. The second-order valence-corrected chi connectivity index (χ2v) is 5.46. The number of anilines is 2. The number of halogens is 1. The monoisotopic (exact) mass is 346 g/mol. The van der Waals surface area contributed by atoms with E-state index in [1.807, 2.05) is 24.3 Å². The van der Waals surface area contributed by atoms with Gasteiger partial charge in [0.2, 0.25) is 5.91 Å². The summed E-state index contributed by atoms with van der Waals surface area (Å²) in [5, 5.41) is 5.81. The molecule has 0 aliphatic rings. The maximum absolute atomic E-state index is 11.8. The zero-order chi connectivity index (χ0) is 15.2. The quantitative estimate of drug-likeness (QED) is 0.811. The first-order valence-electron chi connectivity index (χ1n) is 6.45. The highest BCUT2D eigenvalue weighted by Gasteiger charge is 2.04. The van der Waals surface area contributed by atoms with Gasteiger partial charge in [-0.15, -0.1) is 0 Å². The van der Waals surface area contributed by atoms with Crippen LogP contribution < -0.4 is 10.6 Å². The Morgan fingerprint density at radius 2 is 1.76 bits per heavy atom. The van der Waals surface area contributed by atoms with Crippen molar-refractivity contribution in [2.24, 2.45) is 0 Å². The molecule has 0 radical (unpaired) electrons. The number of rotatable bonds is 5. The molecule has 2 N–H and O–H groups in total. The summed E-state index contributed by atoms with van der Waals surface area (Å²) in [5.41, 5.74) is 2.16. The molecule has 0 aliphatic carbocycles. The van der Waals surface area contributed by atoms with E-state index in [2.05, 4.69) is 26.6 Å². The van der Waals surface area contributed by atoms with Crippen LogP contribution in [0.25, 0.3) is 0 Å². The summed E-state index contributed by atoms with van der Waals surface area (Å²) in [6, 6.07) is 14.4. The van der Waals surface area contributed by atoms with E-state index >= 15 is 0 Å². The number of ketones is 1. The standard InChI is InChI=1S/C16H15BrN2O2/c1-11(20)12-5-7-14(8-6-12)19-16(21)10-18-15-4-2-3-13(17)9-15/h2-9,18H,10H2,1H3,(H,19,21). The van der Waals surface area contributed by atoms with Crippen molar-refractivity contribution in [3.05, 3.63) is 58.6 Å². The van der Waals surface area contributed by atoms with Gasteiger partial charge in [0.15, 0.2) is 5.78 Å². The molecule has 0 heterocycles. The highest BCUT2D eigenvalue weighted by molar-refractivity contribution is 9.10.